The van der Waals surface area contributed by atoms with Crippen LogP contribution in [0.4, 0.5) is 8.78 Å². The van der Waals surface area contributed by atoms with Crippen molar-refractivity contribution in [2.45, 2.75) is 135 Å². The average Bonchev–Trinajstić information content (AvgIpc) is 2.94. The van der Waals surface area contributed by atoms with Crippen LogP contribution in [-0.4, -0.2) is 0 Å². The number of hydrogen-bond acceptors (Lipinski definition) is 0. The van der Waals surface area contributed by atoms with Gasteiger partial charge in [0, 0.05) is 0 Å². The van der Waals surface area contributed by atoms with Crippen molar-refractivity contribution in [1.82, 2.24) is 0 Å². The summed E-state index contributed by atoms with van der Waals surface area (Å²) in [5.74, 6) is 2.99. The molecule has 3 fully saturated rings. The Morgan fingerprint density at radius 1 is 0.684 bits per heavy atom. The Morgan fingerprint density at radius 3 is 1.92 bits per heavy atom. The highest BCUT2D eigenvalue weighted by Gasteiger charge is 2.26. The van der Waals surface area contributed by atoms with Crippen LogP contribution in [0, 0.1) is 41.2 Å². The van der Waals surface area contributed by atoms with Gasteiger partial charge >= 0.3 is 0 Å². The molecule has 0 unspecified atom stereocenters. The summed E-state index contributed by atoms with van der Waals surface area (Å²) in [5.41, 5.74) is 1.20. The number of rotatable bonds is 11. The molecule has 2 heteroatoms. The summed E-state index contributed by atoms with van der Waals surface area (Å²) in [6.07, 6.45) is 31.3. The number of hydrogen-bond donors (Lipinski definition) is 0. The predicted octanol–water partition coefficient (Wildman–Crippen LogP) is 11.5. The molecule has 0 atom stereocenters. The van der Waals surface area contributed by atoms with Crippen molar-refractivity contribution in [3.05, 3.63) is 59.2 Å². The largest absolute Gasteiger partial charge is 0.203 e. The molecule has 0 aliphatic heterocycles. The van der Waals surface area contributed by atoms with E-state index < -0.39 is 11.6 Å². The molecule has 0 nitrogen and oxygen atoms in total. The van der Waals surface area contributed by atoms with Crippen LogP contribution in [0.1, 0.15) is 140 Å². The zero-order valence-electron chi connectivity index (χ0n) is 24.4. The van der Waals surface area contributed by atoms with E-state index in [1.165, 1.54) is 77.0 Å². The van der Waals surface area contributed by atoms with Gasteiger partial charge in [0.15, 0.2) is 11.6 Å². The van der Waals surface area contributed by atoms with Gasteiger partial charge in [-0.2, -0.15) is 0 Å². The van der Waals surface area contributed by atoms with Crippen molar-refractivity contribution in [1.29, 1.82) is 0 Å². The van der Waals surface area contributed by atoms with E-state index in [2.05, 4.69) is 38.2 Å². The molecule has 0 spiro atoms. The van der Waals surface area contributed by atoms with Crippen molar-refractivity contribution >= 4 is 0 Å². The van der Waals surface area contributed by atoms with Crippen LogP contribution in [0.3, 0.4) is 0 Å². The molecule has 0 amide bonds. The first-order valence-corrected chi connectivity index (χ1v) is 16.3. The zero-order chi connectivity index (χ0) is 26.7. The molecule has 0 saturated heterocycles. The highest BCUT2D eigenvalue weighted by molar-refractivity contribution is 5.29. The van der Waals surface area contributed by atoms with E-state index in [9.17, 15) is 4.39 Å². The minimum absolute atomic E-state index is 0.172. The van der Waals surface area contributed by atoms with E-state index in [1.54, 1.807) is 0 Å². The maximum Gasteiger partial charge on any atom is 0.162 e. The Hall–Kier alpha value is -1.44. The molecule has 0 bridgehead atoms. The van der Waals surface area contributed by atoms with Crippen molar-refractivity contribution < 1.29 is 8.78 Å². The number of aryl methyl sites for hydroxylation is 1. The fourth-order valence-corrected chi connectivity index (χ4v) is 7.87. The zero-order valence-corrected chi connectivity index (χ0v) is 24.4. The van der Waals surface area contributed by atoms with Gasteiger partial charge in [-0.1, -0.05) is 81.9 Å². The molecule has 0 aromatic heterocycles. The van der Waals surface area contributed by atoms with Crippen molar-refractivity contribution in [2.75, 3.05) is 0 Å². The molecule has 3 saturated carbocycles. The lowest BCUT2D eigenvalue weighted by molar-refractivity contribution is 0.253. The monoisotopic (exact) mass is 524 g/mol. The van der Waals surface area contributed by atoms with E-state index in [1.807, 2.05) is 12.1 Å². The molecule has 0 N–H and O–H groups in total. The van der Waals surface area contributed by atoms with Crippen LogP contribution in [-0.2, 0) is 6.42 Å². The highest BCUT2D eigenvalue weighted by atomic mass is 19.2. The van der Waals surface area contributed by atoms with Crippen molar-refractivity contribution in [2.24, 2.45) is 29.6 Å². The highest BCUT2D eigenvalue weighted by Crippen LogP contribution is 2.39. The summed E-state index contributed by atoms with van der Waals surface area (Å²) in [5, 5.41) is 0. The van der Waals surface area contributed by atoms with Crippen molar-refractivity contribution in [3.63, 3.8) is 0 Å². The second-order valence-corrected chi connectivity index (χ2v) is 13.1. The van der Waals surface area contributed by atoms with Gasteiger partial charge in [0.2, 0.25) is 0 Å². The maximum atomic E-state index is 15.0. The van der Waals surface area contributed by atoms with E-state index in [0.29, 0.717) is 29.4 Å². The number of benzene rings is 1. The summed E-state index contributed by atoms with van der Waals surface area (Å²) in [6, 6.07) is 3.79. The van der Waals surface area contributed by atoms with Gasteiger partial charge in [-0.15, -0.1) is 0 Å². The first-order valence-electron chi connectivity index (χ1n) is 16.3. The maximum absolute atomic E-state index is 15.0. The summed E-state index contributed by atoms with van der Waals surface area (Å²) >= 11 is 0. The molecule has 1 aromatic rings. The fraction of sp³-hybridized carbons (Fsp3) is 0.722. The Kier molecular flexibility index (Phi) is 12.0. The quantitative estimate of drug-likeness (QED) is 0.252. The molecule has 0 radical (unpaired) electrons. The van der Waals surface area contributed by atoms with Crippen LogP contribution < -0.4 is 0 Å². The van der Waals surface area contributed by atoms with Gasteiger partial charge < -0.3 is 0 Å². The molecule has 0 heterocycles. The van der Waals surface area contributed by atoms with Crippen LogP contribution in [0.25, 0.3) is 0 Å². The number of halogens is 2. The van der Waals surface area contributed by atoms with Gasteiger partial charge in [0.05, 0.1) is 0 Å². The molecule has 1 aromatic carbocycles. The lowest BCUT2D eigenvalue weighted by Crippen LogP contribution is -2.16. The molecular formula is C36H54F2. The summed E-state index contributed by atoms with van der Waals surface area (Å²) in [7, 11) is 0. The van der Waals surface area contributed by atoms with E-state index in [0.717, 1.165) is 49.9 Å². The van der Waals surface area contributed by atoms with Gasteiger partial charge in [-0.25, -0.2) is 8.78 Å². The first kappa shape index (κ1) is 29.5. The normalized spacial score (nSPS) is 30.8. The van der Waals surface area contributed by atoms with Crippen LogP contribution in [0.15, 0.2) is 36.4 Å². The van der Waals surface area contributed by atoms with E-state index in [4.69, 9.17) is 0 Å². The molecule has 3 aliphatic rings. The lowest BCUT2D eigenvalue weighted by atomic mass is 9.77. The topological polar surface area (TPSA) is 0 Å². The Labute approximate surface area is 232 Å². The summed E-state index contributed by atoms with van der Waals surface area (Å²) in [6.45, 7) is 4.38. The van der Waals surface area contributed by atoms with Crippen LogP contribution in [0.5, 0.6) is 0 Å². The van der Waals surface area contributed by atoms with Crippen LogP contribution >= 0.6 is 0 Å². The fourth-order valence-electron chi connectivity index (χ4n) is 7.87. The number of allylic oxidation sites excluding steroid dienone is 4. The molecular weight excluding hydrogens is 470 g/mol. The van der Waals surface area contributed by atoms with Gasteiger partial charge in [0.25, 0.3) is 0 Å². The first-order chi connectivity index (χ1) is 18.6. The molecule has 38 heavy (non-hydrogen) atoms. The predicted molar refractivity (Wildman–Crippen MR) is 158 cm³/mol. The standard InChI is InChI=1S/C36H54F2/c1-3-7-27-11-13-29(14-12-27)9-5-6-10-30-15-17-31(18-16-30)21-24-33-25-26-34(36(38)35(33)37)32-22-19-28(8-4-2)20-23-32/h4-5,8-9,25-32H,3,6-7,10-24H2,1-2H3/b8-4+,9-5+. The lowest BCUT2D eigenvalue weighted by Gasteiger charge is -2.29. The van der Waals surface area contributed by atoms with E-state index >= 15 is 4.39 Å². The minimum Gasteiger partial charge on any atom is -0.203 e. The molecule has 4 rings (SSSR count). The molecule has 212 valence electrons. The van der Waals surface area contributed by atoms with Gasteiger partial charge in [-0.05, 0) is 131 Å². The third-order valence-corrected chi connectivity index (χ3v) is 10.4. The van der Waals surface area contributed by atoms with Crippen molar-refractivity contribution in [3.8, 4) is 0 Å². The third-order valence-electron chi connectivity index (χ3n) is 10.4. The van der Waals surface area contributed by atoms with Gasteiger partial charge in [0.1, 0.15) is 0 Å². The minimum atomic E-state index is -0.572. The average molecular weight is 525 g/mol. The SMILES string of the molecule is C/C=C/C1CCC(c2ccc(CCC3CCC(CC/C=C/C4CCC(CCC)CC4)CC3)c(F)c2F)CC1. The Balaban J connectivity index is 1.14. The Bertz CT molecular complexity index is 875. The summed E-state index contributed by atoms with van der Waals surface area (Å²) < 4.78 is 30.0. The summed E-state index contributed by atoms with van der Waals surface area (Å²) in [4.78, 5) is 0. The van der Waals surface area contributed by atoms with Gasteiger partial charge in [-0.3, -0.25) is 0 Å². The smallest absolute Gasteiger partial charge is 0.162 e. The second kappa shape index (κ2) is 15.4. The van der Waals surface area contributed by atoms with E-state index in [-0.39, 0.29) is 5.92 Å². The third kappa shape index (κ3) is 8.53. The Morgan fingerprint density at radius 2 is 1.26 bits per heavy atom. The second-order valence-electron chi connectivity index (χ2n) is 13.1. The van der Waals surface area contributed by atoms with Crippen LogP contribution in [0.2, 0.25) is 0 Å². The molecule has 3 aliphatic carbocycles.